The van der Waals surface area contributed by atoms with Crippen molar-refractivity contribution in [2.75, 3.05) is 0 Å². The van der Waals surface area contributed by atoms with Crippen LogP contribution in [0.2, 0.25) is 0 Å². The van der Waals surface area contributed by atoms with Crippen molar-refractivity contribution in [2.45, 2.75) is 0 Å². The smallest absolute Gasteiger partial charge is 0.136 e. The summed E-state index contributed by atoms with van der Waals surface area (Å²) in [6, 6.07) is 69.7. The maximum Gasteiger partial charge on any atom is 0.136 e. The number of para-hydroxylation sites is 4. The molecule has 270 valence electrons. The average Bonchev–Trinajstić information content (AvgIpc) is 4.03. The summed E-state index contributed by atoms with van der Waals surface area (Å²) in [7, 11) is 0. The first-order chi connectivity index (χ1) is 28.7. The lowest BCUT2D eigenvalue weighted by Gasteiger charge is -2.11. The molecule has 9 aromatic carbocycles. The molecule has 0 spiro atoms. The Morgan fingerprint density at radius 3 is 1.24 bits per heavy atom. The Bertz CT molecular complexity index is 3780. The van der Waals surface area contributed by atoms with Crippen molar-refractivity contribution >= 4 is 87.5 Å². The van der Waals surface area contributed by atoms with Gasteiger partial charge in [-0.2, -0.15) is 0 Å². The summed E-state index contributed by atoms with van der Waals surface area (Å²) in [5, 5.41) is 9.48. The van der Waals surface area contributed by atoms with Crippen molar-refractivity contribution in [1.82, 2.24) is 9.13 Å². The van der Waals surface area contributed by atoms with Crippen molar-refractivity contribution in [2.24, 2.45) is 0 Å². The quantitative estimate of drug-likeness (QED) is 0.180. The molecular formula is C54H32N2O2. The molecule has 0 saturated carbocycles. The third-order valence-electron chi connectivity index (χ3n) is 12.1. The second-order valence-corrected chi connectivity index (χ2v) is 15.3. The number of hydrogen-bond donors (Lipinski definition) is 0. The molecular weight excluding hydrogens is 709 g/mol. The highest BCUT2D eigenvalue weighted by Gasteiger charge is 2.19. The van der Waals surface area contributed by atoms with Gasteiger partial charge in [-0.05, 0) is 107 Å². The van der Waals surface area contributed by atoms with Gasteiger partial charge in [-0.15, -0.1) is 0 Å². The zero-order valence-corrected chi connectivity index (χ0v) is 31.2. The predicted molar refractivity (Wildman–Crippen MR) is 241 cm³/mol. The highest BCUT2D eigenvalue weighted by atomic mass is 16.3. The lowest BCUT2D eigenvalue weighted by Crippen LogP contribution is -1.95. The molecule has 0 radical (unpaired) electrons. The van der Waals surface area contributed by atoms with Crippen LogP contribution in [0.25, 0.3) is 121 Å². The first-order valence-electron chi connectivity index (χ1n) is 19.7. The Kier molecular flexibility index (Phi) is 6.41. The van der Waals surface area contributed by atoms with Crippen molar-refractivity contribution in [1.29, 1.82) is 0 Å². The van der Waals surface area contributed by atoms with Gasteiger partial charge in [0.2, 0.25) is 0 Å². The zero-order chi connectivity index (χ0) is 37.9. The van der Waals surface area contributed by atoms with Crippen LogP contribution in [-0.4, -0.2) is 9.13 Å². The highest BCUT2D eigenvalue weighted by Crippen LogP contribution is 2.41. The fraction of sp³-hybridized carbons (Fsp3) is 0. The van der Waals surface area contributed by atoms with Gasteiger partial charge in [0.1, 0.15) is 22.3 Å². The fourth-order valence-electron chi connectivity index (χ4n) is 9.40. The lowest BCUT2D eigenvalue weighted by molar-refractivity contribution is 0.668. The fourth-order valence-corrected chi connectivity index (χ4v) is 9.40. The van der Waals surface area contributed by atoms with E-state index in [0.717, 1.165) is 66.4 Å². The van der Waals surface area contributed by atoms with E-state index < -0.39 is 0 Å². The van der Waals surface area contributed by atoms with Gasteiger partial charge in [-0.25, -0.2) is 0 Å². The molecule has 0 bridgehead atoms. The minimum Gasteiger partial charge on any atom is -0.456 e. The van der Waals surface area contributed by atoms with Crippen LogP contribution >= 0.6 is 0 Å². The van der Waals surface area contributed by atoms with E-state index >= 15 is 0 Å². The van der Waals surface area contributed by atoms with Gasteiger partial charge in [0.05, 0.1) is 22.1 Å². The Morgan fingerprint density at radius 2 is 0.655 bits per heavy atom. The van der Waals surface area contributed by atoms with E-state index in [0.29, 0.717) is 0 Å². The van der Waals surface area contributed by atoms with E-state index in [9.17, 15) is 0 Å². The molecule has 0 aliphatic rings. The predicted octanol–water partition coefficient (Wildman–Crippen LogP) is 15.0. The number of furan rings is 2. The number of benzene rings is 9. The van der Waals surface area contributed by atoms with Gasteiger partial charge in [0.15, 0.2) is 0 Å². The molecule has 4 heterocycles. The minimum absolute atomic E-state index is 0.908. The van der Waals surface area contributed by atoms with Crippen LogP contribution in [0.15, 0.2) is 203 Å². The standard InChI is InChI=1S/C54H32N2O2/c1-5-13-47-39(9-1)44-32-50-45(31-49(44)55(47)37-23-17-33(18-24-37)35-22-28-53-46(29-35)42-12-4-8-16-52(42)57-53)40-10-2-6-14-48(40)56(50)38-25-19-34(20-26-38)36-21-27-43-41-11-3-7-15-51(41)58-54(43)30-36/h1-32H. The third-order valence-corrected chi connectivity index (χ3v) is 12.1. The van der Waals surface area contributed by atoms with Gasteiger partial charge in [0.25, 0.3) is 0 Å². The van der Waals surface area contributed by atoms with E-state index in [4.69, 9.17) is 8.83 Å². The molecule has 0 N–H and O–H groups in total. The largest absolute Gasteiger partial charge is 0.456 e. The summed E-state index contributed by atoms with van der Waals surface area (Å²) in [5.41, 5.74) is 15.3. The van der Waals surface area contributed by atoms with Crippen molar-refractivity contribution in [3.05, 3.63) is 194 Å². The van der Waals surface area contributed by atoms with Crippen LogP contribution in [0.5, 0.6) is 0 Å². The molecule has 0 aliphatic heterocycles. The summed E-state index contributed by atoms with van der Waals surface area (Å²) >= 11 is 0. The van der Waals surface area contributed by atoms with E-state index in [-0.39, 0.29) is 0 Å². The first-order valence-corrected chi connectivity index (χ1v) is 19.7. The Labute approximate surface area is 332 Å². The van der Waals surface area contributed by atoms with Crippen molar-refractivity contribution < 1.29 is 8.83 Å². The summed E-state index contributed by atoms with van der Waals surface area (Å²) in [6.07, 6.45) is 0. The Hall–Kier alpha value is -7.82. The maximum absolute atomic E-state index is 6.23. The van der Waals surface area contributed by atoms with Crippen LogP contribution in [-0.2, 0) is 0 Å². The van der Waals surface area contributed by atoms with Crippen LogP contribution in [0, 0.1) is 0 Å². The molecule has 58 heavy (non-hydrogen) atoms. The molecule has 13 rings (SSSR count). The van der Waals surface area contributed by atoms with Gasteiger partial charge >= 0.3 is 0 Å². The van der Waals surface area contributed by atoms with Crippen molar-refractivity contribution in [3.8, 4) is 33.6 Å². The molecule has 0 amide bonds. The van der Waals surface area contributed by atoms with Crippen LogP contribution in [0.3, 0.4) is 0 Å². The first kappa shape index (κ1) is 31.4. The molecule has 0 saturated heterocycles. The minimum atomic E-state index is 0.908. The van der Waals surface area contributed by atoms with Crippen LogP contribution < -0.4 is 0 Å². The van der Waals surface area contributed by atoms with Gasteiger partial charge in [-0.1, -0.05) is 109 Å². The molecule has 13 aromatic rings. The normalized spacial score (nSPS) is 12.1. The molecule has 0 fully saturated rings. The van der Waals surface area contributed by atoms with Crippen molar-refractivity contribution in [3.63, 3.8) is 0 Å². The monoisotopic (exact) mass is 740 g/mol. The Balaban J connectivity index is 0.936. The molecule has 0 aliphatic carbocycles. The third kappa shape index (κ3) is 4.51. The number of nitrogens with zero attached hydrogens (tertiary/aromatic N) is 2. The summed E-state index contributed by atoms with van der Waals surface area (Å²) < 4.78 is 17.2. The van der Waals surface area contributed by atoms with E-state index in [1.807, 2.05) is 24.3 Å². The van der Waals surface area contributed by atoms with Crippen LogP contribution in [0.1, 0.15) is 0 Å². The molecule has 4 aromatic heterocycles. The second kappa shape index (κ2) is 11.8. The van der Waals surface area contributed by atoms with Gasteiger partial charge in [0, 0.05) is 54.5 Å². The summed E-state index contributed by atoms with van der Waals surface area (Å²) in [5.74, 6) is 0. The van der Waals surface area contributed by atoms with E-state index in [2.05, 4.69) is 179 Å². The average molecular weight is 741 g/mol. The zero-order valence-electron chi connectivity index (χ0n) is 31.2. The molecule has 4 nitrogen and oxygen atoms in total. The van der Waals surface area contributed by atoms with Crippen LogP contribution in [0.4, 0.5) is 0 Å². The van der Waals surface area contributed by atoms with Gasteiger partial charge < -0.3 is 18.0 Å². The summed E-state index contributed by atoms with van der Waals surface area (Å²) in [6.45, 7) is 0. The molecule has 0 atom stereocenters. The number of hydrogen-bond acceptors (Lipinski definition) is 2. The lowest BCUT2D eigenvalue weighted by atomic mass is 10.0. The number of rotatable bonds is 4. The summed E-state index contributed by atoms with van der Waals surface area (Å²) in [4.78, 5) is 0. The van der Waals surface area contributed by atoms with Gasteiger partial charge in [-0.3, -0.25) is 0 Å². The molecule has 0 unspecified atom stereocenters. The number of aromatic nitrogens is 2. The maximum atomic E-state index is 6.23. The topological polar surface area (TPSA) is 36.1 Å². The van der Waals surface area contributed by atoms with E-state index in [1.165, 1.54) is 54.7 Å². The SMILES string of the molecule is c1ccc2c(c1)oc1cc(-c3ccc(-n4c5ccccc5c5cc6c(cc54)c4ccccc4n6-c4ccc(-c5ccc6oc7ccccc7c6c5)cc4)cc3)ccc12. The Morgan fingerprint density at radius 1 is 0.241 bits per heavy atom. The van der Waals surface area contributed by atoms with E-state index in [1.54, 1.807) is 0 Å². The highest BCUT2D eigenvalue weighted by molar-refractivity contribution is 6.19. The molecule has 4 heteroatoms. The number of fused-ring (bicyclic) bond motifs is 12. The second-order valence-electron chi connectivity index (χ2n) is 15.3.